The Morgan fingerprint density at radius 3 is 2.64 bits per heavy atom. The summed E-state index contributed by atoms with van der Waals surface area (Å²) in [4.78, 5) is 0. The quantitative estimate of drug-likeness (QED) is 0.734. The van der Waals surface area contributed by atoms with E-state index in [0.29, 0.717) is 6.61 Å². The molecule has 1 atom stereocenters. The lowest BCUT2D eigenvalue weighted by Gasteiger charge is -2.28. The molecule has 1 aliphatic heterocycles. The molecule has 0 radical (unpaired) electrons. The van der Waals surface area contributed by atoms with Crippen LogP contribution < -0.4 is 10.0 Å². The standard InChI is InChI=1S/C15H21F3N2O3S.ClH/c1-23-11-14(6-3-7-19-14)10-20-24(21,22)9-12-4-2-5-13(8-12)15(16,17)18;/h2,4-5,8,19-20H,3,6-7,9-11H2,1H3;1H. The first-order valence-corrected chi connectivity index (χ1v) is 9.18. The van der Waals surface area contributed by atoms with Crippen LogP contribution in [0.25, 0.3) is 0 Å². The summed E-state index contributed by atoms with van der Waals surface area (Å²) in [5.74, 6) is -0.500. The lowest BCUT2D eigenvalue weighted by molar-refractivity contribution is -0.137. The Kier molecular flexibility index (Phi) is 7.70. The van der Waals surface area contributed by atoms with Gasteiger partial charge in [-0.1, -0.05) is 18.2 Å². The number of alkyl halides is 3. The van der Waals surface area contributed by atoms with Crippen LogP contribution in [0.15, 0.2) is 24.3 Å². The number of hydrogen-bond acceptors (Lipinski definition) is 4. The van der Waals surface area contributed by atoms with Crippen LogP contribution in [0.5, 0.6) is 0 Å². The fourth-order valence-corrected chi connectivity index (χ4v) is 4.04. The van der Waals surface area contributed by atoms with Crippen molar-refractivity contribution in [1.82, 2.24) is 10.0 Å². The molecule has 0 saturated carbocycles. The normalized spacial score (nSPS) is 21.1. The predicted octanol–water partition coefficient (Wildman–Crippen LogP) is 2.32. The summed E-state index contributed by atoms with van der Waals surface area (Å²) in [5.41, 5.74) is -1.23. The molecule has 1 aliphatic rings. The first-order valence-electron chi connectivity index (χ1n) is 7.53. The zero-order valence-corrected chi connectivity index (χ0v) is 15.4. The van der Waals surface area contributed by atoms with Crippen LogP contribution in [0.2, 0.25) is 0 Å². The van der Waals surface area contributed by atoms with E-state index in [4.69, 9.17) is 4.74 Å². The van der Waals surface area contributed by atoms with Crippen LogP contribution in [0.3, 0.4) is 0 Å². The average molecular weight is 403 g/mol. The van der Waals surface area contributed by atoms with Gasteiger partial charge in [-0.3, -0.25) is 0 Å². The summed E-state index contributed by atoms with van der Waals surface area (Å²) in [5, 5.41) is 3.24. The number of halogens is 4. The highest BCUT2D eigenvalue weighted by atomic mass is 35.5. The third kappa shape index (κ3) is 6.41. The number of methoxy groups -OCH3 is 1. The summed E-state index contributed by atoms with van der Waals surface area (Å²) in [7, 11) is -2.21. The lowest BCUT2D eigenvalue weighted by atomic mass is 9.99. The van der Waals surface area contributed by atoms with Gasteiger partial charge in [-0.15, -0.1) is 12.4 Å². The number of sulfonamides is 1. The predicted molar refractivity (Wildman–Crippen MR) is 91.2 cm³/mol. The Balaban J connectivity index is 0.00000312. The molecule has 0 aromatic heterocycles. The van der Waals surface area contributed by atoms with E-state index in [2.05, 4.69) is 10.0 Å². The van der Waals surface area contributed by atoms with Crippen molar-refractivity contribution in [1.29, 1.82) is 0 Å². The minimum absolute atomic E-state index is 0. The monoisotopic (exact) mass is 402 g/mol. The van der Waals surface area contributed by atoms with E-state index in [-0.39, 0.29) is 24.5 Å². The van der Waals surface area contributed by atoms with Crippen molar-refractivity contribution in [2.45, 2.75) is 30.3 Å². The fraction of sp³-hybridized carbons (Fsp3) is 0.600. The number of hydrogen-bond donors (Lipinski definition) is 2. The van der Waals surface area contributed by atoms with Crippen LogP contribution in [0, 0.1) is 0 Å². The van der Waals surface area contributed by atoms with Gasteiger partial charge in [0.05, 0.1) is 23.5 Å². The maximum atomic E-state index is 12.7. The van der Waals surface area contributed by atoms with E-state index in [9.17, 15) is 21.6 Å². The zero-order chi connectivity index (χ0) is 17.8. The van der Waals surface area contributed by atoms with Gasteiger partial charge in [0.15, 0.2) is 0 Å². The van der Waals surface area contributed by atoms with Gasteiger partial charge in [-0.2, -0.15) is 13.2 Å². The van der Waals surface area contributed by atoms with Gasteiger partial charge >= 0.3 is 6.18 Å². The fourth-order valence-electron chi connectivity index (χ4n) is 2.83. The molecule has 0 bridgehead atoms. The molecule has 10 heteroatoms. The van der Waals surface area contributed by atoms with E-state index < -0.39 is 33.1 Å². The van der Waals surface area contributed by atoms with Crippen molar-refractivity contribution in [2.75, 3.05) is 26.8 Å². The van der Waals surface area contributed by atoms with Crippen molar-refractivity contribution < 1.29 is 26.3 Å². The molecule has 0 aliphatic carbocycles. The Morgan fingerprint density at radius 1 is 1.36 bits per heavy atom. The molecule has 1 aromatic carbocycles. The second-order valence-corrected chi connectivity index (χ2v) is 7.83. The molecule has 2 rings (SSSR count). The first-order chi connectivity index (χ1) is 11.2. The molecule has 1 aromatic rings. The summed E-state index contributed by atoms with van der Waals surface area (Å²) in [6.45, 7) is 1.28. The molecule has 0 amide bonds. The van der Waals surface area contributed by atoms with Crippen molar-refractivity contribution in [2.24, 2.45) is 0 Å². The second kappa shape index (κ2) is 8.68. The van der Waals surface area contributed by atoms with Crippen LogP contribution in [-0.2, 0) is 26.7 Å². The number of benzene rings is 1. The smallest absolute Gasteiger partial charge is 0.383 e. The molecule has 5 nitrogen and oxygen atoms in total. The topological polar surface area (TPSA) is 67.4 Å². The number of rotatable bonds is 7. The lowest BCUT2D eigenvalue weighted by Crippen LogP contribution is -2.53. The Hall–Kier alpha value is -0.870. The third-order valence-corrected chi connectivity index (χ3v) is 5.29. The maximum absolute atomic E-state index is 12.7. The second-order valence-electron chi connectivity index (χ2n) is 6.02. The van der Waals surface area contributed by atoms with Crippen molar-refractivity contribution >= 4 is 22.4 Å². The van der Waals surface area contributed by atoms with Crippen LogP contribution in [-0.4, -0.2) is 40.8 Å². The van der Waals surface area contributed by atoms with Crippen LogP contribution in [0.1, 0.15) is 24.0 Å². The van der Waals surface area contributed by atoms with E-state index in [1.54, 1.807) is 7.11 Å². The molecule has 144 valence electrons. The Labute approximate surface area is 151 Å². The highest BCUT2D eigenvalue weighted by molar-refractivity contribution is 7.88. The van der Waals surface area contributed by atoms with Crippen LogP contribution >= 0.6 is 12.4 Å². The van der Waals surface area contributed by atoms with E-state index in [1.165, 1.54) is 12.1 Å². The zero-order valence-electron chi connectivity index (χ0n) is 13.7. The van der Waals surface area contributed by atoms with Gasteiger partial charge in [-0.25, -0.2) is 13.1 Å². The van der Waals surface area contributed by atoms with Gasteiger partial charge in [0.25, 0.3) is 0 Å². The summed E-state index contributed by atoms with van der Waals surface area (Å²) >= 11 is 0. The highest BCUT2D eigenvalue weighted by Crippen LogP contribution is 2.29. The molecule has 1 unspecified atom stereocenters. The number of ether oxygens (including phenoxy) is 1. The third-order valence-electron chi connectivity index (χ3n) is 3.99. The summed E-state index contributed by atoms with van der Waals surface area (Å²) in [6, 6.07) is 4.35. The van der Waals surface area contributed by atoms with E-state index in [1.807, 2.05) is 0 Å². The van der Waals surface area contributed by atoms with Crippen LogP contribution in [0.4, 0.5) is 13.2 Å². The minimum Gasteiger partial charge on any atom is -0.383 e. The van der Waals surface area contributed by atoms with Gasteiger partial charge in [0, 0.05) is 13.7 Å². The Morgan fingerprint density at radius 2 is 2.08 bits per heavy atom. The molecule has 1 saturated heterocycles. The van der Waals surface area contributed by atoms with Crippen molar-refractivity contribution in [3.63, 3.8) is 0 Å². The van der Waals surface area contributed by atoms with Gasteiger partial charge in [0.2, 0.25) is 10.0 Å². The summed E-state index contributed by atoms with van der Waals surface area (Å²) in [6.07, 6.45) is -2.81. The molecule has 0 spiro atoms. The maximum Gasteiger partial charge on any atom is 0.416 e. The minimum atomic E-state index is -4.50. The molecule has 25 heavy (non-hydrogen) atoms. The Bertz CT molecular complexity index is 662. The van der Waals surface area contributed by atoms with Crippen molar-refractivity contribution in [3.8, 4) is 0 Å². The molecule has 1 heterocycles. The van der Waals surface area contributed by atoms with Gasteiger partial charge in [0.1, 0.15) is 0 Å². The first kappa shape index (κ1) is 22.2. The molecule has 2 N–H and O–H groups in total. The van der Waals surface area contributed by atoms with Gasteiger partial charge < -0.3 is 10.1 Å². The molecule has 1 fully saturated rings. The molecular weight excluding hydrogens is 381 g/mol. The number of nitrogens with one attached hydrogen (secondary N) is 2. The average Bonchev–Trinajstić information content (AvgIpc) is 2.94. The summed E-state index contributed by atoms with van der Waals surface area (Å²) < 4.78 is 70.1. The molecular formula is C15H22ClF3N2O3S. The van der Waals surface area contributed by atoms with Crippen molar-refractivity contribution in [3.05, 3.63) is 35.4 Å². The largest absolute Gasteiger partial charge is 0.416 e. The highest BCUT2D eigenvalue weighted by Gasteiger charge is 2.35. The van der Waals surface area contributed by atoms with E-state index in [0.717, 1.165) is 31.5 Å². The van der Waals surface area contributed by atoms with E-state index >= 15 is 0 Å². The van der Waals surface area contributed by atoms with Gasteiger partial charge in [-0.05, 0) is 31.0 Å². The SMILES string of the molecule is COCC1(CNS(=O)(=O)Cc2cccc(C(F)(F)F)c2)CCCN1.Cl.